The summed E-state index contributed by atoms with van der Waals surface area (Å²) in [6.07, 6.45) is 4.01. The van der Waals surface area contributed by atoms with Gasteiger partial charge in [0.25, 0.3) is 0 Å². The maximum atomic E-state index is 11.9. The van der Waals surface area contributed by atoms with Crippen LogP contribution in [0.4, 0.5) is 0 Å². The highest BCUT2D eigenvalue weighted by Gasteiger charge is 2.28. The van der Waals surface area contributed by atoms with Crippen LogP contribution in [-0.4, -0.2) is 67.5 Å². The van der Waals surface area contributed by atoms with E-state index < -0.39 is 0 Å². The number of hydrogen-bond donors (Lipinski definition) is 2. The third-order valence-corrected chi connectivity index (χ3v) is 5.54. The molecular weight excluding hydrogens is 469 g/mol. The van der Waals surface area contributed by atoms with E-state index in [9.17, 15) is 4.79 Å². The van der Waals surface area contributed by atoms with E-state index in [2.05, 4.69) is 26.6 Å². The van der Waals surface area contributed by atoms with Crippen LogP contribution in [0.1, 0.15) is 50.2 Å². The van der Waals surface area contributed by atoms with E-state index >= 15 is 0 Å². The number of guanidine groups is 1. The Bertz CT molecular complexity index is 657. The fourth-order valence-electron chi connectivity index (χ4n) is 4.00. The number of nitrogens with zero attached hydrogens (tertiary/aromatic N) is 3. The van der Waals surface area contributed by atoms with Gasteiger partial charge in [-0.2, -0.15) is 0 Å². The molecule has 2 atom stereocenters. The zero-order chi connectivity index (χ0) is 19.2. The minimum Gasteiger partial charge on any atom is -0.465 e. The first kappa shape index (κ1) is 23.0. The van der Waals surface area contributed by atoms with Crippen LogP contribution < -0.4 is 10.6 Å². The second kappa shape index (κ2) is 11.0. The topological polar surface area (TPSA) is 73.1 Å². The Morgan fingerprint density at radius 3 is 2.68 bits per heavy atom. The summed E-state index contributed by atoms with van der Waals surface area (Å²) in [5, 5.41) is 6.95. The van der Waals surface area contributed by atoms with Crippen LogP contribution in [0, 0.1) is 6.92 Å². The minimum atomic E-state index is 0. The lowest BCUT2D eigenvalue weighted by atomic mass is 10.2. The normalized spacial score (nSPS) is 21.5. The number of carbonyl (C=O) groups excluding carboxylic acids is 1. The van der Waals surface area contributed by atoms with Gasteiger partial charge in [0, 0.05) is 39.1 Å². The average Bonchev–Trinajstić information content (AvgIpc) is 3.42. The molecule has 0 saturated carbocycles. The molecule has 1 amide bonds. The van der Waals surface area contributed by atoms with Gasteiger partial charge in [0.05, 0.1) is 6.04 Å². The standard InChI is InChI=1S/C20H33N5O2.HI/c1-4-19(26)25-12-9-16(14-25)23-20(21-3)22-13-17(24-10-5-6-11-24)18-8-7-15(2)27-18;/h7-8,16-17H,4-6,9-14H2,1-3H3,(H2,21,22,23);1H. The first-order valence-corrected chi connectivity index (χ1v) is 10.2. The number of likely N-dealkylation sites (tertiary alicyclic amines) is 2. The molecule has 0 spiro atoms. The van der Waals surface area contributed by atoms with E-state index in [0.717, 1.165) is 56.6 Å². The lowest BCUT2D eigenvalue weighted by Crippen LogP contribution is -2.47. The molecule has 7 nitrogen and oxygen atoms in total. The van der Waals surface area contributed by atoms with Gasteiger partial charge in [-0.05, 0) is 51.4 Å². The highest BCUT2D eigenvalue weighted by molar-refractivity contribution is 14.0. The summed E-state index contributed by atoms with van der Waals surface area (Å²) in [5.74, 6) is 2.98. The van der Waals surface area contributed by atoms with Crippen LogP contribution >= 0.6 is 24.0 Å². The van der Waals surface area contributed by atoms with Crippen LogP contribution in [0.5, 0.6) is 0 Å². The van der Waals surface area contributed by atoms with Gasteiger partial charge < -0.3 is 20.0 Å². The molecule has 28 heavy (non-hydrogen) atoms. The number of rotatable bonds is 6. The molecule has 0 radical (unpaired) electrons. The molecule has 2 fully saturated rings. The molecule has 0 aliphatic carbocycles. The Morgan fingerprint density at radius 2 is 2.07 bits per heavy atom. The van der Waals surface area contributed by atoms with Crippen molar-refractivity contribution < 1.29 is 9.21 Å². The molecular formula is C20H34IN5O2. The lowest BCUT2D eigenvalue weighted by Gasteiger charge is -2.27. The van der Waals surface area contributed by atoms with Crippen molar-refractivity contribution in [1.29, 1.82) is 0 Å². The molecule has 1 aromatic rings. The van der Waals surface area contributed by atoms with Gasteiger partial charge in [-0.15, -0.1) is 24.0 Å². The molecule has 158 valence electrons. The Balaban J connectivity index is 0.00000280. The smallest absolute Gasteiger partial charge is 0.222 e. The fraction of sp³-hybridized carbons (Fsp3) is 0.700. The van der Waals surface area contributed by atoms with Crippen molar-refractivity contribution in [2.75, 3.05) is 39.8 Å². The number of aliphatic imine (C=N–C) groups is 1. The monoisotopic (exact) mass is 503 g/mol. The first-order chi connectivity index (χ1) is 13.1. The summed E-state index contributed by atoms with van der Waals surface area (Å²) in [7, 11) is 1.79. The average molecular weight is 503 g/mol. The summed E-state index contributed by atoms with van der Waals surface area (Å²) in [4.78, 5) is 20.7. The summed E-state index contributed by atoms with van der Waals surface area (Å²) in [5.41, 5.74) is 0. The number of furan rings is 1. The van der Waals surface area contributed by atoms with Crippen molar-refractivity contribution in [3.63, 3.8) is 0 Å². The molecule has 1 aromatic heterocycles. The van der Waals surface area contributed by atoms with Crippen LogP contribution in [-0.2, 0) is 4.79 Å². The molecule has 2 N–H and O–H groups in total. The SMILES string of the molecule is CCC(=O)N1CCC(NC(=NC)NCC(c2ccc(C)o2)N2CCCC2)C1.I. The molecule has 3 heterocycles. The third kappa shape index (κ3) is 5.85. The summed E-state index contributed by atoms with van der Waals surface area (Å²) in [6, 6.07) is 4.58. The zero-order valence-corrected chi connectivity index (χ0v) is 19.6. The molecule has 2 aliphatic heterocycles. The number of aryl methyl sites for hydroxylation is 1. The van der Waals surface area contributed by atoms with E-state index in [-0.39, 0.29) is 42.0 Å². The Hall–Kier alpha value is -1.29. The van der Waals surface area contributed by atoms with Crippen molar-refractivity contribution in [2.45, 2.75) is 51.6 Å². The van der Waals surface area contributed by atoms with Crippen LogP contribution in [0.25, 0.3) is 0 Å². The predicted octanol–water partition coefficient (Wildman–Crippen LogP) is 2.52. The van der Waals surface area contributed by atoms with E-state index in [4.69, 9.17) is 4.42 Å². The quantitative estimate of drug-likeness (QED) is 0.355. The molecule has 3 rings (SSSR count). The number of carbonyl (C=O) groups is 1. The highest BCUT2D eigenvalue weighted by atomic mass is 127. The molecule has 0 bridgehead atoms. The van der Waals surface area contributed by atoms with Crippen molar-refractivity contribution in [3.8, 4) is 0 Å². The van der Waals surface area contributed by atoms with Gasteiger partial charge in [0.2, 0.25) is 5.91 Å². The van der Waals surface area contributed by atoms with Gasteiger partial charge in [0.1, 0.15) is 11.5 Å². The molecule has 2 saturated heterocycles. The Kier molecular flexibility index (Phi) is 9.07. The maximum Gasteiger partial charge on any atom is 0.222 e. The van der Waals surface area contributed by atoms with Crippen molar-refractivity contribution in [2.24, 2.45) is 4.99 Å². The maximum absolute atomic E-state index is 11.9. The second-order valence-corrected chi connectivity index (χ2v) is 7.48. The van der Waals surface area contributed by atoms with E-state index in [1.807, 2.05) is 24.8 Å². The van der Waals surface area contributed by atoms with Crippen molar-refractivity contribution in [1.82, 2.24) is 20.4 Å². The highest BCUT2D eigenvalue weighted by Crippen LogP contribution is 2.26. The number of halogens is 1. The van der Waals surface area contributed by atoms with E-state index in [1.54, 1.807) is 7.05 Å². The Morgan fingerprint density at radius 1 is 1.32 bits per heavy atom. The number of hydrogen-bond acceptors (Lipinski definition) is 4. The largest absolute Gasteiger partial charge is 0.465 e. The third-order valence-electron chi connectivity index (χ3n) is 5.54. The van der Waals surface area contributed by atoms with Gasteiger partial charge in [-0.25, -0.2) is 0 Å². The van der Waals surface area contributed by atoms with Gasteiger partial charge >= 0.3 is 0 Å². The lowest BCUT2D eigenvalue weighted by molar-refractivity contribution is -0.129. The molecule has 8 heteroatoms. The van der Waals surface area contributed by atoms with Gasteiger partial charge in [-0.1, -0.05) is 6.92 Å². The van der Waals surface area contributed by atoms with Crippen LogP contribution in [0.3, 0.4) is 0 Å². The van der Waals surface area contributed by atoms with E-state index in [1.165, 1.54) is 12.8 Å². The van der Waals surface area contributed by atoms with Crippen LogP contribution in [0.2, 0.25) is 0 Å². The first-order valence-electron chi connectivity index (χ1n) is 10.2. The van der Waals surface area contributed by atoms with Gasteiger partial charge in [-0.3, -0.25) is 14.7 Å². The molecule has 2 aliphatic rings. The number of nitrogens with one attached hydrogen (secondary N) is 2. The fourth-order valence-corrected chi connectivity index (χ4v) is 4.00. The van der Waals surface area contributed by atoms with E-state index in [0.29, 0.717) is 6.42 Å². The van der Waals surface area contributed by atoms with Gasteiger partial charge in [0.15, 0.2) is 5.96 Å². The Labute approximate surface area is 185 Å². The summed E-state index contributed by atoms with van der Waals surface area (Å²) >= 11 is 0. The van der Waals surface area contributed by atoms with Crippen molar-refractivity contribution >= 4 is 35.8 Å². The molecule has 2 unspecified atom stereocenters. The minimum absolute atomic E-state index is 0. The second-order valence-electron chi connectivity index (χ2n) is 7.48. The predicted molar refractivity (Wildman–Crippen MR) is 122 cm³/mol. The molecule has 0 aromatic carbocycles. The van der Waals surface area contributed by atoms with Crippen molar-refractivity contribution in [3.05, 3.63) is 23.7 Å². The number of amides is 1. The summed E-state index contributed by atoms with van der Waals surface area (Å²) < 4.78 is 5.92. The van der Waals surface area contributed by atoms with Crippen LogP contribution in [0.15, 0.2) is 21.5 Å². The summed E-state index contributed by atoms with van der Waals surface area (Å²) in [6.45, 7) is 8.44. The zero-order valence-electron chi connectivity index (χ0n) is 17.2.